The van der Waals surface area contributed by atoms with Gasteiger partial charge in [0.1, 0.15) is 0 Å². The summed E-state index contributed by atoms with van der Waals surface area (Å²) in [5.74, 6) is 0.365. The monoisotopic (exact) mass is 238 g/mol. The summed E-state index contributed by atoms with van der Waals surface area (Å²) in [5, 5.41) is 0. The molecule has 0 radical (unpaired) electrons. The van der Waals surface area contributed by atoms with Crippen molar-refractivity contribution in [2.45, 2.75) is 64.3 Å². The van der Waals surface area contributed by atoms with Crippen molar-refractivity contribution in [3.05, 3.63) is 0 Å². The van der Waals surface area contributed by atoms with Gasteiger partial charge in [-0.2, -0.15) is 0 Å². The smallest absolute Gasteiger partial charge is 0.230 e. The fourth-order valence-corrected chi connectivity index (χ4v) is 3.55. The van der Waals surface area contributed by atoms with E-state index in [0.29, 0.717) is 18.5 Å². The minimum Gasteiger partial charge on any atom is -0.339 e. The lowest BCUT2D eigenvalue weighted by atomic mass is 9.83. The zero-order valence-corrected chi connectivity index (χ0v) is 11.1. The Kier molecular flexibility index (Phi) is 4.08. The molecule has 3 heteroatoms. The molecule has 2 N–H and O–H groups in total. The molecular formula is C14H26N2O. The van der Waals surface area contributed by atoms with E-state index < -0.39 is 0 Å². The van der Waals surface area contributed by atoms with E-state index in [1.807, 2.05) is 0 Å². The third kappa shape index (κ3) is 2.35. The zero-order valence-electron chi connectivity index (χ0n) is 11.1. The molecule has 1 aliphatic carbocycles. The standard InChI is InChI=1S/C14H26N2O/c1-2-12-7-3-6-10-16(12)13(17)14(11-15)8-4-5-9-14/h12H,2-11,15H2,1H3. The van der Waals surface area contributed by atoms with E-state index in [-0.39, 0.29) is 5.41 Å². The summed E-state index contributed by atoms with van der Waals surface area (Å²) < 4.78 is 0. The molecule has 1 heterocycles. The minimum absolute atomic E-state index is 0.204. The third-order valence-corrected chi connectivity index (χ3v) is 4.76. The second-order valence-corrected chi connectivity index (χ2v) is 5.75. The number of rotatable bonds is 3. The maximum absolute atomic E-state index is 12.8. The molecule has 3 nitrogen and oxygen atoms in total. The van der Waals surface area contributed by atoms with E-state index in [9.17, 15) is 4.79 Å². The van der Waals surface area contributed by atoms with Crippen molar-refractivity contribution in [1.82, 2.24) is 4.90 Å². The molecular weight excluding hydrogens is 212 g/mol. The number of carbonyl (C=O) groups is 1. The topological polar surface area (TPSA) is 46.3 Å². The van der Waals surface area contributed by atoms with Crippen molar-refractivity contribution in [1.29, 1.82) is 0 Å². The molecule has 0 spiro atoms. The van der Waals surface area contributed by atoms with E-state index in [2.05, 4.69) is 11.8 Å². The normalized spacial score (nSPS) is 28.4. The molecule has 2 fully saturated rings. The molecule has 0 bridgehead atoms. The molecule has 2 aliphatic rings. The molecule has 0 aromatic rings. The van der Waals surface area contributed by atoms with Crippen molar-refractivity contribution in [3.8, 4) is 0 Å². The fraction of sp³-hybridized carbons (Fsp3) is 0.929. The van der Waals surface area contributed by atoms with Crippen LogP contribution in [0.15, 0.2) is 0 Å². The van der Waals surface area contributed by atoms with Gasteiger partial charge in [-0.1, -0.05) is 19.8 Å². The van der Waals surface area contributed by atoms with Crippen LogP contribution in [0.4, 0.5) is 0 Å². The van der Waals surface area contributed by atoms with Crippen molar-refractivity contribution in [2.24, 2.45) is 11.1 Å². The van der Waals surface area contributed by atoms with Gasteiger partial charge in [-0.25, -0.2) is 0 Å². The first kappa shape index (κ1) is 12.9. The van der Waals surface area contributed by atoms with Gasteiger partial charge in [0.15, 0.2) is 0 Å². The molecule has 1 aliphatic heterocycles. The van der Waals surface area contributed by atoms with Gasteiger partial charge in [0.05, 0.1) is 5.41 Å². The number of nitrogens with zero attached hydrogens (tertiary/aromatic N) is 1. The van der Waals surface area contributed by atoms with Gasteiger partial charge in [-0.05, 0) is 38.5 Å². The number of amides is 1. The van der Waals surface area contributed by atoms with E-state index in [1.54, 1.807) is 0 Å². The third-order valence-electron chi connectivity index (χ3n) is 4.76. The lowest BCUT2D eigenvalue weighted by molar-refractivity contribution is -0.145. The molecule has 17 heavy (non-hydrogen) atoms. The predicted molar refractivity (Wildman–Crippen MR) is 69.6 cm³/mol. The quantitative estimate of drug-likeness (QED) is 0.820. The Hall–Kier alpha value is -0.570. The summed E-state index contributed by atoms with van der Waals surface area (Å²) in [4.78, 5) is 14.9. The van der Waals surface area contributed by atoms with Crippen LogP contribution >= 0.6 is 0 Å². The molecule has 1 amide bonds. The van der Waals surface area contributed by atoms with Crippen LogP contribution in [0, 0.1) is 5.41 Å². The zero-order chi connectivity index (χ0) is 12.3. The van der Waals surface area contributed by atoms with Crippen LogP contribution in [0.1, 0.15) is 58.3 Å². The Labute approximate surface area is 105 Å². The van der Waals surface area contributed by atoms with Crippen molar-refractivity contribution < 1.29 is 4.79 Å². The number of carbonyl (C=O) groups excluding carboxylic acids is 1. The number of piperidine rings is 1. The van der Waals surface area contributed by atoms with Crippen LogP contribution in [0.25, 0.3) is 0 Å². The van der Waals surface area contributed by atoms with E-state index in [1.165, 1.54) is 32.1 Å². The van der Waals surface area contributed by atoms with Gasteiger partial charge >= 0.3 is 0 Å². The Morgan fingerprint density at radius 3 is 2.59 bits per heavy atom. The average Bonchev–Trinajstić information content (AvgIpc) is 2.88. The van der Waals surface area contributed by atoms with Gasteiger partial charge in [0.25, 0.3) is 0 Å². The van der Waals surface area contributed by atoms with Crippen LogP contribution in [-0.4, -0.2) is 29.9 Å². The Morgan fingerprint density at radius 2 is 2.00 bits per heavy atom. The Morgan fingerprint density at radius 1 is 1.29 bits per heavy atom. The molecule has 1 saturated carbocycles. The van der Waals surface area contributed by atoms with Crippen LogP contribution in [0.3, 0.4) is 0 Å². The van der Waals surface area contributed by atoms with E-state index in [0.717, 1.165) is 25.8 Å². The number of nitrogens with two attached hydrogens (primary N) is 1. The Balaban J connectivity index is 2.11. The number of hydrogen-bond acceptors (Lipinski definition) is 2. The largest absolute Gasteiger partial charge is 0.339 e. The molecule has 98 valence electrons. The van der Waals surface area contributed by atoms with Crippen LogP contribution in [-0.2, 0) is 4.79 Å². The summed E-state index contributed by atoms with van der Waals surface area (Å²) in [6.45, 7) is 3.69. The summed E-state index contributed by atoms with van der Waals surface area (Å²) in [7, 11) is 0. The first-order valence-corrected chi connectivity index (χ1v) is 7.24. The predicted octanol–water partition coefficient (Wildman–Crippen LogP) is 2.30. The van der Waals surface area contributed by atoms with Crippen molar-refractivity contribution in [2.75, 3.05) is 13.1 Å². The number of likely N-dealkylation sites (tertiary alicyclic amines) is 1. The molecule has 2 rings (SSSR count). The summed E-state index contributed by atoms with van der Waals surface area (Å²) in [6.07, 6.45) is 9.09. The van der Waals surface area contributed by atoms with Gasteiger partial charge < -0.3 is 10.6 Å². The first-order chi connectivity index (χ1) is 8.23. The lowest BCUT2D eigenvalue weighted by Crippen LogP contribution is -2.52. The summed E-state index contributed by atoms with van der Waals surface area (Å²) in [5.41, 5.74) is 5.71. The number of hydrogen-bond donors (Lipinski definition) is 1. The van der Waals surface area contributed by atoms with Crippen molar-refractivity contribution >= 4 is 5.91 Å². The molecule has 0 aromatic carbocycles. The summed E-state index contributed by atoms with van der Waals surface area (Å²) >= 11 is 0. The molecule has 0 aromatic heterocycles. The maximum Gasteiger partial charge on any atom is 0.230 e. The van der Waals surface area contributed by atoms with Crippen LogP contribution in [0.5, 0.6) is 0 Å². The van der Waals surface area contributed by atoms with Crippen LogP contribution in [0.2, 0.25) is 0 Å². The maximum atomic E-state index is 12.8. The highest BCUT2D eigenvalue weighted by Crippen LogP contribution is 2.40. The first-order valence-electron chi connectivity index (χ1n) is 7.24. The van der Waals surface area contributed by atoms with Crippen LogP contribution < -0.4 is 5.73 Å². The van der Waals surface area contributed by atoms with E-state index >= 15 is 0 Å². The highest BCUT2D eigenvalue weighted by molar-refractivity contribution is 5.83. The van der Waals surface area contributed by atoms with Crippen molar-refractivity contribution in [3.63, 3.8) is 0 Å². The second-order valence-electron chi connectivity index (χ2n) is 5.75. The fourth-order valence-electron chi connectivity index (χ4n) is 3.55. The van der Waals surface area contributed by atoms with Gasteiger partial charge in [0.2, 0.25) is 5.91 Å². The molecule has 1 unspecified atom stereocenters. The molecule has 1 atom stereocenters. The average molecular weight is 238 g/mol. The SMILES string of the molecule is CCC1CCCCN1C(=O)C1(CN)CCCC1. The highest BCUT2D eigenvalue weighted by Gasteiger charge is 2.43. The lowest BCUT2D eigenvalue weighted by Gasteiger charge is -2.41. The minimum atomic E-state index is -0.204. The second kappa shape index (κ2) is 5.38. The van der Waals surface area contributed by atoms with Gasteiger partial charge in [0, 0.05) is 19.1 Å². The summed E-state index contributed by atoms with van der Waals surface area (Å²) in [6, 6.07) is 0.472. The van der Waals surface area contributed by atoms with Gasteiger partial charge in [-0.3, -0.25) is 4.79 Å². The molecule has 1 saturated heterocycles. The van der Waals surface area contributed by atoms with E-state index in [4.69, 9.17) is 5.73 Å². The van der Waals surface area contributed by atoms with Gasteiger partial charge in [-0.15, -0.1) is 0 Å². The Bertz CT molecular complexity index is 271. The highest BCUT2D eigenvalue weighted by atomic mass is 16.2.